The van der Waals surface area contributed by atoms with Gasteiger partial charge < -0.3 is 0 Å². The lowest BCUT2D eigenvalue weighted by Gasteiger charge is -2.13. The third-order valence-electron chi connectivity index (χ3n) is 2.32. The van der Waals surface area contributed by atoms with E-state index in [1.54, 1.807) is 0 Å². The summed E-state index contributed by atoms with van der Waals surface area (Å²) in [5.41, 5.74) is -1.16. The normalized spacial score (nSPS) is 14.4. The first-order chi connectivity index (χ1) is 8.64. The van der Waals surface area contributed by atoms with Gasteiger partial charge in [0, 0.05) is 11.4 Å². The predicted molar refractivity (Wildman–Crippen MR) is 69.6 cm³/mol. The van der Waals surface area contributed by atoms with Gasteiger partial charge >= 0.3 is 6.18 Å². The molecule has 0 radical (unpaired) electrons. The van der Waals surface area contributed by atoms with E-state index in [0.29, 0.717) is 6.42 Å². The Morgan fingerprint density at radius 2 is 1.89 bits per heavy atom. The van der Waals surface area contributed by atoms with Crippen molar-refractivity contribution in [2.75, 3.05) is 6.54 Å². The molecule has 108 valence electrons. The maximum atomic E-state index is 12.7. The van der Waals surface area contributed by atoms with E-state index in [1.165, 1.54) is 6.07 Å². The van der Waals surface area contributed by atoms with Gasteiger partial charge in [0.2, 0.25) is 10.0 Å². The molecule has 0 spiro atoms. The number of nitrogens with one attached hydrogen (secondary N) is 1. The number of benzene rings is 1. The van der Waals surface area contributed by atoms with E-state index in [1.807, 2.05) is 6.92 Å². The van der Waals surface area contributed by atoms with Crippen molar-refractivity contribution in [3.05, 3.63) is 29.8 Å². The number of sulfonamides is 1. The molecule has 0 aliphatic rings. The fraction of sp³-hybridized carbons (Fsp3) is 0.455. The van der Waals surface area contributed by atoms with Crippen LogP contribution >= 0.6 is 15.9 Å². The molecule has 0 heterocycles. The molecule has 0 saturated carbocycles. The summed E-state index contributed by atoms with van der Waals surface area (Å²) >= 11 is 3.23. The second-order valence-electron chi connectivity index (χ2n) is 3.96. The topological polar surface area (TPSA) is 46.2 Å². The molecule has 0 bridgehead atoms. The smallest absolute Gasteiger partial charge is 0.211 e. The molecule has 0 fully saturated rings. The van der Waals surface area contributed by atoms with Gasteiger partial charge in [0.05, 0.1) is 10.5 Å². The van der Waals surface area contributed by atoms with E-state index in [0.717, 1.165) is 18.2 Å². The van der Waals surface area contributed by atoms with Crippen LogP contribution in [0, 0.1) is 0 Å². The van der Waals surface area contributed by atoms with Crippen LogP contribution in [0.4, 0.5) is 13.2 Å². The van der Waals surface area contributed by atoms with E-state index in [9.17, 15) is 21.6 Å². The second-order valence-corrected chi connectivity index (χ2v) is 7.26. The molecule has 0 amide bonds. The van der Waals surface area contributed by atoms with E-state index >= 15 is 0 Å². The monoisotopic (exact) mass is 359 g/mol. The van der Waals surface area contributed by atoms with Crippen molar-refractivity contribution in [1.29, 1.82) is 0 Å². The van der Waals surface area contributed by atoms with Crippen molar-refractivity contribution < 1.29 is 21.6 Å². The summed E-state index contributed by atoms with van der Waals surface area (Å²) in [7, 11) is -4.16. The van der Waals surface area contributed by atoms with Crippen molar-refractivity contribution >= 4 is 26.0 Å². The van der Waals surface area contributed by atoms with Crippen LogP contribution in [0.3, 0.4) is 0 Å². The Morgan fingerprint density at radius 1 is 1.32 bits per heavy atom. The minimum absolute atomic E-state index is 0.0704. The lowest BCUT2D eigenvalue weighted by molar-refractivity contribution is -0.139. The zero-order valence-corrected chi connectivity index (χ0v) is 12.4. The van der Waals surface area contributed by atoms with Crippen molar-refractivity contribution in [3.63, 3.8) is 0 Å². The first-order valence-electron chi connectivity index (χ1n) is 5.44. The van der Waals surface area contributed by atoms with Crippen LogP contribution < -0.4 is 4.72 Å². The third kappa shape index (κ3) is 4.77. The van der Waals surface area contributed by atoms with Gasteiger partial charge in [-0.25, -0.2) is 13.1 Å². The highest BCUT2D eigenvalue weighted by Gasteiger charge is 2.36. The van der Waals surface area contributed by atoms with Crippen molar-refractivity contribution in [1.82, 2.24) is 4.72 Å². The molecule has 8 heteroatoms. The van der Waals surface area contributed by atoms with Crippen molar-refractivity contribution in [2.24, 2.45) is 0 Å². The van der Waals surface area contributed by atoms with Crippen LogP contribution in [-0.2, 0) is 16.2 Å². The average Bonchev–Trinajstić information content (AvgIpc) is 2.27. The van der Waals surface area contributed by atoms with E-state index in [-0.39, 0.29) is 11.4 Å². The Hall–Kier alpha value is -0.600. The molecule has 0 aromatic heterocycles. The number of hydrogen-bond donors (Lipinski definition) is 1. The summed E-state index contributed by atoms with van der Waals surface area (Å²) < 4.78 is 64.1. The summed E-state index contributed by atoms with van der Waals surface area (Å²) in [5.74, 6) is 0. The first kappa shape index (κ1) is 16.5. The van der Waals surface area contributed by atoms with Crippen LogP contribution in [0.1, 0.15) is 18.9 Å². The third-order valence-corrected chi connectivity index (χ3v) is 4.29. The number of hydrogen-bond acceptors (Lipinski definition) is 2. The largest absolute Gasteiger partial charge is 0.417 e. The lowest BCUT2D eigenvalue weighted by atomic mass is 10.2. The molecule has 0 aliphatic carbocycles. The van der Waals surface area contributed by atoms with Gasteiger partial charge in [-0.2, -0.15) is 13.2 Å². The zero-order chi connectivity index (χ0) is 14.7. The van der Waals surface area contributed by atoms with Gasteiger partial charge in [-0.05, 0) is 18.6 Å². The summed E-state index contributed by atoms with van der Waals surface area (Å²) in [6.45, 7) is 1.89. The quantitative estimate of drug-likeness (QED) is 0.820. The SMILES string of the molecule is CC(Br)CCNS(=O)(=O)c1ccccc1C(F)(F)F. The van der Waals surface area contributed by atoms with Crippen LogP contribution in [-0.4, -0.2) is 19.8 Å². The van der Waals surface area contributed by atoms with Gasteiger partial charge in [-0.1, -0.05) is 35.0 Å². The van der Waals surface area contributed by atoms with Crippen LogP contribution in [0.2, 0.25) is 0 Å². The van der Waals surface area contributed by atoms with Crippen LogP contribution in [0.15, 0.2) is 29.2 Å². The van der Waals surface area contributed by atoms with Crippen molar-refractivity contribution in [2.45, 2.75) is 29.2 Å². The summed E-state index contributed by atoms with van der Waals surface area (Å²) in [4.78, 5) is -0.669. The lowest BCUT2D eigenvalue weighted by Crippen LogP contribution is -2.28. The molecular weight excluding hydrogens is 347 g/mol. The molecule has 0 aliphatic heterocycles. The summed E-state index contributed by atoms with van der Waals surface area (Å²) in [6, 6.07) is 4.11. The molecular formula is C11H13BrF3NO2S. The highest BCUT2D eigenvalue weighted by atomic mass is 79.9. The molecule has 1 aromatic rings. The first-order valence-corrected chi connectivity index (χ1v) is 7.84. The van der Waals surface area contributed by atoms with Gasteiger partial charge in [0.15, 0.2) is 0 Å². The minimum atomic E-state index is -4.70. The fourth-order valence-corrected chi connectivity index (χ4v) is 2.91. The molecule has 1 rings (SSSR count). The fourth-order valence-electron chi connectivity index (χ4n) is 1.41. The molecule has 1 N–H and O–H groups in total. The summed E-state index contributed by atoms with van der Waals surface area (Å²) in [5, 5.41) is 0. The zero-order valence-electron chi connectivity index (χ0n) is 10.0. The van der Waals surface area contributed by atoms with Gasteiger partial charge in [0.25, 0.3) is 0 Å². The summed E-state index contributed by atoms with van der Waals surface area (Å²) in [6.07, 6.45) is -4.22. The van der Waals surface area contributed by atoms with E-state index in [2.05, 4.69) is 20.7 Å². The number of rotatable bonds is 5. The van der Waals surface area contributed by atoms with Crippen LogP contribution in [0.25, 0.3) is 0 Å². The van der Waals surface area contributed by atoms with E-state index in [4.69, 9.17) is 0 Å². The highest BCUT2D eigenvalue weighted by molar-refractivity contribution is 9.09. The second kappa shape index (κ2) is 6.23. The highest BCUT2D eigenvalue weighted by Crippen LogP contribution is 2.33. The van der Waals surface area contributed by atoms with Gasteiger partial charge in [-0.3, -0.25) is 0 Å². The standard InChI is InChI=1S/C11H13BrF3NO2S/c1-8(12)6-7-16-19(17,18)10-5-3-2-4-9(10)11(13,14)15/h2-5,8,16H,6-7H2,1H3. The maximum Gasteiger partial charge on any atom is 0.417 e. The minimum Gasteiger partial charge on any atom is -0.211 e. The van der Waals surface area contributed by atoms with Gasteiger partial charge in [-0.15, -0.1) is 0 Å². The molecule has 1 atom stereocenters. The molecule has 0 saturated heterocycles. The Morgan fingerprint density at radius 3 is 2.42 bits per heavy atom. The van der Waals surface area contributed by atoms with E-state index < -0.39 is 26.7 Å². The predicted octanol–water partition coefficient (Wildman–Crippen LogP) is 3.16. The molecule has 19 heavy (non-hydrogen) atoms. The molecule has 1 aromatic carbocycles. The Bertz CT molecular complexity index is 529. The average molecular weight is 360 g/mol. The Balaban J connectivity index is 3.02. The molecule has 3 nitrogen and oxygen atoms in total. The maximum absolute atomic E-state index is 12.7. The Labute approximate surface area is 118 Å². The number of halogens is 4. The van der Waals surface area contributed by atoms with Gasteiger partial charge in [0.1, 0.15) is 0 Å². The Kier molecular flexibility index (Phi) is 5.40. The molecule has 1 unspecified atom stereocenters. The number of alkyl halides is 4. The van der Waals surface area contributed by atoms with Crippen molar-refractivity contribution in [3.8, 4) is 0 Å². The van der Waals surface area contributed by atoms with Crippen LogP contribution in [0.5, 0.6) is 0 Å².